The van der Waals surface area contributed by atoms with E-state index in [4.69, 9.17) is 16.1 Å². The van der Waals surface area contributed by atoms with Crippen LogP contribution in [-0.4, -0.2) is 32.7 Å². The summed E-state index contributed by atoms with van der Waals surface area (Å²) in [7, 11) is 0. The molecule has 0 atom stereocenters. The van der Waals surface area contributed by atoms with E-state index in [0.717, 1.165) is 6.42 Å². The lowest BCUT2D eigenvalue weighted by Gasteiger charge is -2.15. The van der Waals surface area contributed by atoms with Gasteiger partial charge in [0.25, 0.3) is 0 Å². The molecule has 0 spiro atoms. The van der Waals surface area contributed by atoms with Gasteiger partial charge in [-0.05, 0) is 31.5 Å². The quantitative estimate of drug-likeness (QED) is 0.287. The van der Waals surface area contributed by atoms with Gasteiger partial charge in [-0.1, -0.05) is 10.3 Å². The van der Waals surface area contributed by atoms with Crippen LogP contribution in [0.3, 0.4) is 0 Å². The number of rotatable bonds is 1. The average Bonchev–Trinajstić information content (AvgIpc) is 2.25. The molecule has 1 aliphatic carbocycles. The largest absolute Gasteiger partial charge is 0.411 e. The van der Waals surface area contributed by atoms with Crippen molar-refractivity contribution < 1.29 is 10.4 Å². The van der Waals surface area contributed by atoms with Crippen molar-refractivity contribution in [3.63, 3.8) is 0 Å². The van der Waals surface area contributed by atoms with E-state index >= 15 is 0 Å². The van der Waals surface area contributed by atoms with E-state index < -0.39 is 0 Å². The standard InChI is InChI=1S/C7H11N5O2S/c8-7(15)10-9-6-4(11-13)2-1-3-5(6)12-14/h13-14H,1-3H2,(H3,8,10,15)/b11-4+,12-5+. The molecule has 0 heterocycles. The second-order valence-electron chi connectivity index (χ2n) is 2.88. The molecule has 1 aliphatic rings. The van der Waals surface area contributed by atoms with Crippen molar-refractivity contribution in [2.75, 3.05) is 0 Å². The molecule has 1 saturated carbocycles. The highest BCUT2D eigenvalue weighted by molar-refractivity contribution is 7.80. The Morgan fingerprint density at radius 3 is 2.20 bits per heavy atom. The van der Waals surface area contributed by atoms with Crippen molar-refractivity contribution in [3.05, 3.63) is 0 Å². The number of hydrogen-bond donors (Lipinski definition) is 4. The van der Waals surface area contributed by atoms with Crippen molar-refractivity contribution in [1.82, 2.24) is 5.43 Å². The van der Waals surface area contributed by atoms with Gasteiger partial charge in [0, 0.05) is 0 Å². The van der Waals surface area contributed by atoms with Crippen molar-refractivity contribution >= 4 is 34.5 Å². The van der Waals surface area contributed by atoms with Gasteiger partial charge in [-0.15, -0.1) is 0 Å². The van der Waals surface area contributed by atoms with Gasteiger partial charge < -0.3 is 16.1 Å². The third-order valence-electron chi connectivity index (χ3n) is 1.89. The van der Waals surface area contributed by atoms with Gasteiger partial charge in [0.2, 0.25) is 0 Å². The Morgan fingerprint density at radius 2 is 1.80 bits per heavy atom. The summed E-state index contributed by atoms with van der Waals surface area (Å²) >= 11 is 4.57. The molecule has 1 rings (SSSR count). The molecule has 8 heteroatoms. The lowest BCUT2D eigenvalue weighted by molar-refractivity contribution is 0.316. The Hall–Kier alpha value is -1.70. The minimum absolute atomic E-state index is 0.0114. The van der Waals surface area contributed by atoms with Crippen LogP contribution in [0.2, 0.25) is 0 Å². The van der Waals surface area contributed by atoms with Crippen LogP contribution in [-0.2, 0) is 0 Å². The zero-order valence-electron chi connectivity index (χ0n) is 7.84. The molecule has 0 aromatic rings. The minimum atomic E-state index is -0.0114. The van der Waals surface area contributed by atoms with E-state index in [9.17, 15) is 0 Å². The smallest absolute Gasteiger partial charge is 0.184 e. The summed E-state index contributed by atoms with van der Waals surface area (Å²) < 4.78 is 0. The predicted molar refractivity (Wildman–Crippen MR) is 59.7 cm³/mol. The molecule has 0 aromatic carbocycles. The number of nitrogens with one attached hydrogen (secondary N) is 1. The molecule has 7 nitrogen and oxygen atoms in total. The van der Waals surface area contributed by atoms with Gasteiger partial charge in [0.15, 0.2) is 5.11 Å². The van der Waals surface area contributed by atoms with Crippen LogP contribution < -0.4 is 11.2 Å². The number of nitrogens with two attached hydrogens (primary N) is 1. The Bertz CT molecular complexity index is 327. The van der Waals surface area contributed by atoms with E-state index in [1.807, 2.05) is 0 Å². The Labute approximate surface area is 91.3 Å². The number of nitrogens with zero attached hydrogens (tertiary/aromatic N) is 3. The summed E-state index contributed by atoms with van der Waals surface area (Å²) in [6.45, 7) is 0. The summed E-state index contributed by atoms with van der Waals surface area (Å²) in [6.07, 6.45) is 1.87. The fraction of sp³-hybridized carbons (Fsp3) is 0.429. The maximum atomic E-state index is 8.72. The summed E-state index contributed by atoms with van der Waals surface area (Å²) in [4.78, 5) is 0. The van der Waals surface area contributed by atoms with Crippen molar-refractivity contribution in [2.45, 2.75) is 19.3 Å². The van der Waals surface area contributed by atoms with E-state index in [1.54, 1.807) is 0 Å². The maximum Gasteiger partial charge on any atom is 0.184 e. The number of oxime groups is 2. The highest BCUT2D eigenvalue weighted by atomic mass is 32.1. The van der Waals surface area contributed by atoms with Gasteiger partial charge in [-0.25, -0.2) is 0 Å². The lowest BCUT2D eigenvalue weighted by Crippen LogP contribution is -2.34. The first-order chi connectivity index (χ1) is 7.19. The van der Waals surface area contributed by atoms with E-state index in [1.165, 1.54) is 0 Å². The second-order valence-corrected chi connectivity index (χ2v) is 3.32. The summed E-state index contributed by atoms with van der Waals surface area (Å²) in [5.41, 5.74) is 8.52. The number of thiocarbonyl (C=S) groups is 1. The van der Waals surface area contributed by atoms with E-state index in [0.29, 0.717) is 24.3 Å². The van der Waals surface area contributed by atoms with E-state index in [-0.39, 0.29) is 10.8 Å². The van der Waals surface area contributed by atoms with Gasteiger partial charge in [-0.3, -0.25) is 5.43 Å². The van der Waals surface area contributed by atoms with Crippen molar-refractivity contribution in [1.29, 1.82) is 0 Å². The van der Waals surface area contributed by atoms with Crippen LogP contribution in [0.1, 0.15) is 19.3 Å². The molecular formula is C7H11N5O2S. The first-order valence-electron chi connectivity index (χ1n) is 4.24. The molecular weight excluding hydrogens is 218 g/mol. The molecule has 0 saturated heterocycles. The average molecular weight is 229 g/mol. The van der Waals surface area contributed by atoms with Crippen LogP contribution in [0, 0.1) is 0 Å². The van der Waals surface area contributed by atoms with Crippen LogP contribution in [0.4, 0.5) is 0 Å². The molecule has 0 aromatic heterocycles. The topological polar surface area (TPSA) is 116 Å². The molecule has 0 amide bonds. The second kappa shape index (κ2) is 5.25. The molecule has 0 radical (unpaired) electrons. The predicted octanol–water partition coefficient (Wildman–Crippen LogP) is 0.0199. The zero-order chi connectivity index (χ0) is 11.3. The minimum Gasteiger partial charge on any atom is -0.411 e. The highest BCUT2D eigenvalue weighted by Gasteiger charge is 2.23. The van der Waals surface area contributed by atoms with Crippen molar-refractivity contribution in [3.8, 4) is 0 Å². The maximum absolute atomic E-state index is 8.72. The summed E-state index contributed by atoms with van der Waals surface area (Å²) in [6, 6.07) is 0. The van der Waals surface area contributed by atoms with Gasteiger partial charge in [-0.2, -0.15) is 5.10 Å². The normalized spacial score (nSPS) is 21.7. The summed E-state index contributed by atoms with van der Waals surface area (Å²) in [5, 5.41) is 27.4. The molecule has 5 N–H and O–H groups in total. The Morgan fingerprint density at radius 1 is 1.27 bits per heavy atom. The first-order valence-corrected chi connectivity index (χ1v) is 4.65. The van der Waals surface area contributed by atoms with Gasteiger partial charge in [0.05, 0.1) is 0 Å². The molecule has 0 bridgehead atoms. The van der Waals surface area contributed by atoms with Gasteiger partial charge >= 0.3 is 0 Å². The third kappa shape index (κ3) is 2.88. The van der Waals surface area contributed by atoms with E-state index in [2.05, 4.69) is 33.1 Å². The van der Waals surface area contributed by atoms with Crippen LogP contribution >= 0.6 is 12.2 Å². The van der Waals surface area contributed by atoms with Crippen molar-refractivity contribution in [2.24, 2.45) is 21.1 Å². The molecule has 82 valence electrons. The van der Waals surface area contributed by atoms with Crippen LogP contribution in [0.25, 0.3) is 0 Å². The highest BCUT2D eigenvalue weighted by Crippen LogP contribution is 2.11. The number of hydrazone groups is 1. The lowest BCUT2D eigenvalue weighted by atomic mass is 9.94. The monoisotopic (exact) mass is 229 g/mol. The fourth-order valence-corrected chi connectivity index (χ4v) is 1.31. The molecule has 15 heavy (non-hydrogen) atoms. The van der Waals surface area contributed by atoms with Crippen LogP contribution in [0.15, 0.2) is 15.4 Å². The zero-order valence-corrected chi connectivity index (χ0v) is 8.66. The molecule has 1 fully saturated rings. The summed E-state index contributed by atoms with van der Waals surface area (Å²) in [5.74, 6) is 0. The molecule has 0 unspecified atom stereocenters. The third-order valence-corrected chi connectivity index (χ3v) is 1.98. The Balaban J connectivity index is 2.94. The first kappa shape index (κ1) is 11.4. The number of hydrogen-bond acceptors (Lipinski definition) is 6. The van der Waals surface area contributed by atoms with Crippen LogP contribution in [0.5, 0.6) is 0 Å². The van der Waals surface area contributed by atoms with Gasteiger partial charge in [0.1, 0.15) is 17.1 Å². The fourth-order valence-electron chi connectivity index (χ4n) is 1.26. The molecule has 0 aliphatic heterocycles. The SMILES string of the molecule is NC(=S)NN=C1/C(=N/O)CCC/C1=N\O. The Kier molecular flexibility index (Phi) is 3.98.